The van der Waals surface area contributed by atoms with Crippen LogP contribution in [0.1, 0.15) is 26.3 Å². The van der Waals surface area contributed by atoms with Gasteiger partial charge in [-0.05, 0) is 23.8 Å². The molecule has 8 heteroatoms. The Morgan fingerprint density at radius 2 is 1.73 bits per heavy atom. The van der Waals surface area contributed by atoms with Gasteiger partial charge in [-0.3, -0.25) is 20.4 Å². The number of carbonyl (C=O) groups excluding carboxylic acids is 2. The zero-order valence-electron chi connectivity index (χ0n) is 13.9. The summed E-state index contributed by atoms with van der Waals surface area (Å²) in [6.45, 7) is 0. The van der Waals surface area contributed by atoms with Crippen LogP contribution in [0.3, 0.4) is 0 Å². The fourth-order valence-electron chi connectivity index (χ4n) is 2.62. The van der Waals surface area contributed by atoms with Gasteiger partial charge in [0, 0.05) is 28.9 Å². The first-order chi connectivity index (χ1) is 12.3. The first-order valence-electron chi connectivity index (χ1n) is 7.77. The highest BCUT2D eigenvalue weighted by Crippen LogP contribution is 2.17. The number of hydrazine groups is 1. The minimum absolute atomic E-state index is 0.157. The van der Waals surface area contributed by atoms with Crippen molar-refractivity contribution in [3.8, 4) is 0 Å². The summed E-state index contributed by atoms with van der Waals surface area (Å²) < 4.78 is 22.7. The molecule has 0 atom stereocenters. The summed E-state index contributed by atoms with van der Waals surface area (Å²) in [7, 11) is -3.20. The molecule has 3 rings (SSSR count). The number of fused-ring (bicyclic) bond motifs is 1. The third kappa shape index (κ3) is 4.09. The Morgan fingerprint density at radius 1 is 1.00 bits per heavy atom. The summed E-state index contributed by atoms with van der Waals surface area (Å²) in [6.07, 6.45) is 2.69. The van der Waals surface area contributed by atoms with Gasteiger partial charge in [-0.15, -0.1) is 0 Å². The fourth-order valence-corrected chi connectivity index (χ4v) is 3.40. The van der Waals surface area contributed by atoms with Crippen LogP contribution < -0.4 is 10.9 Å². The van der Waals surface area contributed by atoms with Gasteiger partial charge in [0.25, 0.3) is 11.8 Å². The number of aromatic nitrogens is 1. The Kier molecular flexibility index (Phi) is 4.77. The van der Waals surface area contributed by atoms with Crippen LogP contribution in [0.4, 0.5) is 0 Å². The van der Waals surface area contributed by atoms with Crippen LogP contribution in [0.5, 0.6) is 0 Å². The van der Waals surface area contributed by atoms with Gasteiger partial charge >= 0.3 is 0 Å². The van der Waals surface area contributed by atoms with Crippen molar-refractivity contribution in [2.45, 2.75) is 5.75 Å². The topological polar surface area (TPSA) is 108 Å². The van der Waals surface area contributed by atoms with E-state index in [9.17, 15) is 18.0 Å². The minimum Gasteiger partial charge on any atom is -0.360 e. The molecule has 0 aliphatic rings. The molecule has 0 bridgehead atoms. The summed E-state index contributed by atoms with van der Waals surface area (Å²) >= 11 is 0. The number of para-hydroxylation sites is 1. The molecule has 2 amide bonds. The van der Waals surface area contributed by atoms with Crippen molar-refractivity contribution in [2.24, 2.45) is 0 Å². The number of carbonyl (C=O) groups is 2. The standard InChI is InChI=1S/C18H17N3O4S/c1-26(24,25)11-12-5-4-6-13(9-12)17(22)20-21-18(23)15-10-19-16-8-3-2-7-14(15)16/h2-10,19H,11H2,1H3,(H,20,22)(H,21,23). The molecule has 0 fully saturated rings. The SMILES string of the molecule is CS(=O)(=O)Cc1cccc(C(=O)NNC(=O)c2c[nH]c3ccccc23)c1. The molecule has 26 heavy (non-hydrogen) atoms. The molecule has 3 N–H and O–H groups in total. The average molecular weight is 371 g/mol. The molecule has 1 aromatic heterocycles. The summed E-state index contributed by atoms with van der Waals surface area (Å²) in [4.78, 5) is 27.5. The van der Waals surface area contributed by atoms with Crippen molar-refractivity contribution >= 4 is 32.6 Å². The molecule has 0 saturated heterocycles. The van der Waals surface area contributed by atoms with Crippen LogP contribution in [-0.2, 0) is 15.6 Å². The van der Waals surface area contributed by atoms with Gasteiger partial charge in [-0.2, -0.15) is 0 Å². The molecule has 0 radical (unpaired) electrons. The summed E-state index contributed by atoms with van der Waals surface area (Å²) in [6, 6.07) is 13.6. The molecule has 0 saturated carbocycles. The molecule has 134 valence electrons. The maximum Gasteiger partial charge on any atom is 0.271 e. The van der Waals surface area contributed by atoms with Gasteiger partial charge in [-0.25, -0.2) is 8.42 Å². The van der Waals surface area contributed by atoms with Crippen LogP contribution in [0.2, 0.25) is 0 Å². The highest BCUT2D eigenvalue weighted by atomic mass is 32.2. The van der Waals surface area contributed by atoms with Crippen molar-refractivity contribution < 1.29 is 18.0 Å². The van der Waals surface area contributed by atoms with E-state index >= 15 is 0 Å². The minimum atomic E-state index is -3.20. The number of H-pyrrole nitrogens is 1. The molecule has 0 aliphatic carbocycles. The maximum absolute atomic E-state index is 12.3. The lowest BCUT2D eigenvalue weighted by Gasteiger charge is -2.08. The van der Waals surface area contributed by atoms with E-state index in [0.717, 1.165) is 17.2 Å². The third-order valence-electron chi connectivity index (χ3n) is 3.74. The second-order valence-electron chi connectivity index (χ2n) is 5.93. The number of aromatic amines is 1. The number of sulfone groups is 1. The molecule has 7 nitrogen and oxygen atoms in total. The number of hydrogen-bond donors (Lipinski definition) is 3. The van der Waals surface area contributed by atoms with Gasteiger partial charge in [0.15, 0.2) is 9.84 Å². The Labute approximate surface area is 150 Å². The van der Waals surface area contributed by atoms with E-state index in [2.05, 4.69) is 15.8 Å². The lowest BCUT2D eigenvalue weighted by atomic mass is 10.1. The van der Waals surface area contributed by atoms with Gasteiger partial charge in [0.1, 0.15) is 0 Å². The van der Waals surface area contributed by atoms with E-state index in [4.69, 9.17) is 0 Å². The van der Waals surface area contributed by atoms with Gasteiger partial charge in [0.2, 0.25) is 0 Å². The summed E-state index contributed by atoms with van der Waals surface area (Å²) in [5.74, 6) is -1.15. The Balaban J connectivity index is 1.69. The van der Waals surface area contributed by atoms with Crippen LogP contribution in [0, 0.1) is 0 Å². The first kappa shape index (κ1) is 17.7. The van der Waals surface area contributed by atoms with E-state index in [1.807, 2.05) is 18.2 Å². The predicted molar refractivity (Wildman–Crippen MR) is 98.2 cm³/mol. The van der Waals surface area contributed by atoms with Crippen molar-refractivity contribution in [1.29, 1.82) is 0 Å². The summed E-state index contributed by atoms with van der Waals surface area (Å²) in [5.41, 5.74) is 6.69. The van der Waals surface area contributed by atoms with Crippen molar-refractivity contribution in [3.05, 3.63) is 71.4 Å². The first-order valence-corrected chi connectivity index (χ1v) is 9.83. The zero-order chi connectivity index (χ0) is 18.7. The quantitative estimate of drug-likeness (QED) is 0.608. The molecule has 0 spiro atoms. The number of hydrogen-bond acceptors (Lipinski definition) is 4. The smallest absolute Gasteiger partial charge is 0.271 e. The predicted octanol–water partition coefficient (Wildman–Crippen LogP) is 1.79. The molecule has 0 aliphatic heterocycles. The lowest BCUT2D eigenvalue weighted by Crippen LogP contribution is -2.41. The van der Waals surface area contributed by atoms with E-state index in [-0.39, 0.29) is 11.3 Å². The summed E-state index contributed by atoms with van der Waals surface area (Å²) in [5, 5.41) is 0.745. The molecule has 1 heterocycles. The highest BCUT2D eigenvalue weighted by molar-refractivity contribution is 7.89. The molecule has 3 aromatic rings. The van der Waals surface area contributed by atoms with Crippen LogP contribution >= 0.6 is 0 Å². The van der Waals surface area contributed by atoms with E-state index in [0.29, 0.717) is 11.1 Å². The normalized spacial score (nSPS) is 11.3. The third-order valence-corrected chi connectivity index (χ3v) is 4.60. The molecule has 0 unspecified atom stereocenters. The second-order valence-corrected chi connectivity index (χ2v) is 8.07. The van der Waals surface area contributed by atoms with Crippen LogP contribution in [0.15, 0.2) is 54.7 Å². The average Bonchev–Trinajstić information content (AvgIpc) is 3.02. The Hall–Kier alpha value is -3.13. The van der Waals surface area contributed by atoms with E-state index in [1.165, 1.54) is 6.07 Å². The van der Waals surface area contributed by atoms with Crippen molar-refractivity contribution in [2.75, 3.05) is 6.26 Å². The Morgan fingerprint density at radius 3 is 2.50 bits per heavy atom. The van der Waals surface area contributed by atoms with Crippen LogP contribution in [-0.4, -0.2) is 31.5 Å². The number of nitrogens with one attached hydrogen (secondary N) is 3. The van der Waals surface area contributed by atoms with Gasteiger partial charge in [-0.1, -0.05) is 30.3 Å². The lowest BCUT2D eigenvalue weighted by molar-refractivity contribution is 0.0847. The number of rotatable bonds is 4. The monoisotopic (exact) mass is 371 g/mol. The molecular weight excluding hydrogens is 354 g/mol. The largest absolute Gasteiger partial charge is 0.360 e. The van der Waals surface area contributed by atoms with Gasteiger partial charge < -0.3 is 4.98 Å². The van der Waals surface area contributed by atoms with Crippen molar-refractivity contribution in [3.63, 3.8) is 0 Å². The zero-order valence-corrected chi connectivity index (χ0v) is 14.8. The van der Waals surface area contributed by atoms with Gasteiger partial charge in [0.05, 0.1) is 11.3 Å². The molecule has 2 aromatic carbocycles. The maximum atomic E-state index is 12.3. The van der Waals surface area contributed by atoms with E-state index < -0.39 is 21.7 Å². The van der Waals surface area contributed by atoms with E-state index in [1.54, 1.807) is 30.5 Å². The number of amides is 2. The molecular formula is C18H17N3O4S. The van der Waals surface area contributed by atoms with Crippen LogP contribution in [0.25, 0.3) is 10.9 Å². The Bertz CT molecular complexity index is 1090. The fraction of sp³-hybridized carbons (Fsp3) is 0.111. The van der Waals surface area contributed by atoms with Crippen molar-refractivity contribution in [1.82, 2.24) is 15.8 Å². The highest BCUT2D eigenvalue weighted by Gasteiger charge is 2.14. The number of benzene rings is 2. The second kappa shape index (κ2) is 7.01.